The summed E-state index contributed by atoms with van der Waals surface area (Å²) in [7, 11) is -3.60. The van der Waals surface area contributed by atoms with Gasteiger partial charge in [-0.2, -0.15) is 0 Å². The minimum Gasteiger partial charge on any atom is -0.445 e. The molecule has 3 unspecified atom stereocenters. The third-order valence-electron chi connectivity index (χ3n) is 5.78. The summed E-state index contributed by atoms with van der Waals surface area (Å²) >= 11 is 7.00. The van der Waals surface area contributed by atoms with Crippen molar-refractivity contribution in [2.45, 2.75) is 35.9 Å². The zero-order valence-corrected chi connectivity index (χ0v) is 18.7. The zero-order valence-electron chi connectivity index (χ0n) is 16.3. The molecule has 30 heavy (non-hydrogen) atoms. The van der Waals surface area contributed by atoms with E-state index >= 15 is 0 Å². The summed E-state index contributed by atoms with van der Waals surface area (Å²) < 4.78 is 34.3. The lowest BCUT2D eigenvalue weighted by Crippen LogP contribution is -2.41. The molecule has 4 rings (SSSR count). The van der Waals surface area contributed by atoms with Crippen molar-refractivity contribution in [3.8, 4) is 0 Å². The monoisotopic (exact) mass is 466 g/mol. The molecule has 0 aliphatic heterocycles. The van der Waals surface area contributed by atoms with Crippen LogP contribution >= 0.6 is 22.9 Å². The maximum atomic E-state index is 12.9. The lowest BCUT2D eigenvalue weighted by Gasteiger charge is -2.23. The first-order valence-corrected chi connectivity index (χ1v) is 12.5. The van der Waals surface area contributed by atoms with E-state index in [-0.39, 0.29) is 28.7 Å². The van der Waals surface area contributed by atoms with Crippen LogP contribution in [0, 0.1) is 11.8 Å². The van der Waals surface area contributed by atoms with Crippen LogP contribution in [0.4, 0.5) is 10.5 Å². The van der Waals surface area contributed by atoms with Gasteiger partial charge in [0.05, 0.1) is 4.34 Å². The van der Waals surface area contributed by atoms with E-state index in [1.807, 2.05) is 18.2 Å². The predicted molar refractivity (Wildman–Crippen MR) is 119 cm³/mol. The van der Waals surface area contributed by atoms with Crippen LogP contribution in [0.2, 0.25) is 4.34 Å². The van der Waals surface area contributed by atoms with Crippen LogP contribution in [0.25, 0.3) is 0 Å². The fourth-order valence-electron chi connectivity index (χ4n) is 4.45. The highest BCUT2D eigenvalue weighted by atomic mass is 35.5. The van der Waals surface area contributed by atoms with Crippen molar-refractivity contribution in [3.63, 3.8) is 0 Å². The van der Waals surface area contributed by atoms with Crippen molar-refractivity contribution in [1.82, 2.24) is 4.72 Å². The standard InChI is InChI=1S/C21H23ClN2O4S2/c1-2-9-28-21(25)23-17-6-5-13-10-14-3-4-15(11-16(13)12-17)20(14)24-30(26,27)19-8-7-18(22)29-19/h2,5-8,12,14-15,20,24H,1,3-4,9-11H2,(H,23,25). The van der Waals surface area contributed by atoms with Gasteiger partial charge in [-0.15, -0.1) is 11.3 Å². The highest BCUT2D eigenvalue weighted by Gasteiger charge is 2.41. The number of halogens is 1. The average molecular weight is 467 g/mol. The van der Waals surface area contributed by atoms with E-state index in [0.29, 0.717) is 10.0 Å². The smallest absolute Gasteiger partial charge is 0.411 e. The van der Waals surface area contributed by atoms with E-state index in [9.17, 15) is 13.2 Å². The molecule has 2 aliphatic rings. The number of carbonyl (C=O) groups excluding carboxylic acids is 1. The summed E-state index contributed by atoms with van der Waals surface area (Å²) in [5.74, 6) is 0.460. The second kappa shape index (κ2) is 8.70. The molecule has 9 heteroatoms. The third-order valence-corrected chi connectivity index (χ3v) is 8.96. The lowest BCUT2D eigenvalue weighted by molar-refractivity contribution is 0.174. The molecule has 1 amide bonds. The van der Waals surface area contributed by atoms with Crippen molar-refractivity contribution in [2.75, 3.05) is 11.9 Å². The van der Waals surface area contributed by atoms with Crippen molar-refractivity contribution in [2.24, 2.45) is 11.8 Å². The molecule has 1 aromatic heterocycles. The summed E-state index contributed by atoms with van der Waals surface area (Å²) in [6, 6.07) is 8.88. The van der Waals surface area contributed by atoms with Crippen LogP contribution in [0.1, 0.15) is 24.0 Å². The van der Waals surface area contributed by atoms with Crippen molar-refractivity contribution in [1.29, 1.82) is 0 Å². The number of hydrogen-bond donors (Lipinski definition) is 2. The molecule has 2 aliphatic carbocycles. The van der Waals surface area contributed by atoms with E-state index in [1.165, 1.54) is 11.6 Å². The second-order valence-electron chi connectivity index (χ2n) is 7.71. The van der Waals surface area contributed by atoms with Gasteiger partial charge >= 0.3 is 6.09 Å². The number of carbonyl (C=O) groups is 1. The van der Waals surface area contributed by atoms with Crippen molar-refractivity contribution >= 4 is 44.7 Å². The number of fused-ring (bicyclic) bond motifs is 3. The zero-order chi connectivity index (χ0) is 21.3. The number of amides is 1. The van der Waals surface area contributed by atoms with E-state index < -0.39 is 16.1 Å². The highest BCUT2D eigenvalue weighted by Crippen LogP contribution is 2.41. The van der Waals surface area contributed by atoms with E-state index in [0.717, 1.165) is 42.6 Å². The molecule has 0 spiro atoms. The summed E-state index contributed by atoms with van der Waals surface area (Å²) in [5, 5.41) is 2.73. The lowest BCUT2D eigenvalue weighted by atomic mass is 9.93. The third kappa shape index (κ3) is 4.56. The van der Waals surface area contributed by atoms with Gasteiger partial charge < -0.3 is 4.74 Å². The minimum atomic E-state index is -3.60. The Morgan fingerprint density at radius 2 is 1.93 bits per heavy atom. The van der Waals surface area contributed by atoms with Gasteiger partial charge in [0, 0.05) is 11.7 Å². The molecule has 6 nitrogen and oxygen atoms in total. The molecule has 3 atom stereocenters. The SMILES string of the molecule is C=CCOC(=O)Nc1ccc2c(c1)CC1CCC(C2)C1NS(=O)(=O)c1ccc(Cl)s1. The molecule has 2 aromatic rings. The van der Waals surface area contributed by atoms with Crippen molar-refractivity contribution in [3.05, 3.63) is 58.5 Å². The Labute approximate surface area is 185 Å². The van der Waals surface area contributed by atoms with Crippen LogP contribution in [-0.4, -0.2) is 27.2 Å². The van der Waals surface area contributed by atoms with Crippen molar-refractivity contribution < 1.29 is 17.9 Å². The highest BCUT2D eigenvalue weighted by molar-refractivity contribution is 7.91. The first-order valence-electron chi connectivity index (χ1n) is 9.80. The molecule has 2 bridgehead atoms. The Bertz CT molecular complexity index is 1070. The molecule has 1 saturated carbocycles. The molecule has 0 saturated heterocycles. The van der Waals surface area contributed by atoms with Gasteiger partial charge in [-0.05, 0) is 72.9 Å². The summed E-state index contributed by atoms with van der Waals surface area (Å²) in [4.78, 5) is 11.8. The van der Waals surface area contributed by atoms with E-state index in [4.69, 9.17) is 16.3 Å². The van der Waals surface area contributed by atoms with Gasteiger partial charge in [0.2, 0.25) is 10.0 Å². The molecule has 1 aromatic carbocycles. The Hall–Kier alpha value is -1.87. The van der Waals surface area contributed by atoms with E-state index in [2.05, 4.69) is 16.6 Å². The Morgan fingerprint density at radius 3 is 2.60 bits per heavy atom. The quantitative estimate of drug-likeness (QED) is 0.609. The fourth-order valence-corrected chi connectivity index (χ4v) is 7.32. The van der Waals surface area contributed by atoms with Crippen LogP contribution in [0.15, 0.2) is 47.2 Å². The first-order chi connectivity index (χ1) is 14.4. The number of sulfonamides is 1. The predicted octanol–water partition coefficient (Wildman–Crippen LogP) is 4.61. The van der Waals surface area contributed by atoms with Gasteiger partial charge in [0.15, 0.2) is 0 Å². The topological polar surface area (TPSA) is 84.5 Å². The maximum Gasteiger partial charge on any atom is 0.411 e. The minimum absolute atomic E-state index is 0.114. The van der Waals surface area contributed by atoms with Gasteiger partial charge in [-0.25, -0.2) is 17.9 Å². The van der Waals surface area contributed by atoms with Crippen LogP contribution in [-0.2, 0) is 27.6 Å². The van der Waals surface area contributed by atoms with Gasteiger partial charge in [0.1, 0.15) is 10.8 Å². The molecule has 2 N–H and O–H groups in total. The maximum absolute atomic E-state index is 12.9. The van der Waals surface area contributed by atoms with Gasteiger partial charge in [-0.3, -0.25) is 5.32 Å². The summed E-state index contributed by atoms with van der Waals surface area (Å²) in [6.07, 6.45) is 4.54. The van der Waals surface area contributed by atoms with Crippen LogP contribution < -0.4 is 10.0 Å². The normalized spacial score (nSPS) is 22.8. The van der Waals surface area contributed by atoms with Gasteiger partial charge in [-0.1, -0.05) is 30.3 Å². The Morgan fingerprint density at radius 1 is 1.20 bits per heavy atom. The molecule has 1 fully saturated rings. The average Bonchev–Trinajstić information content (AvgIpc) is 3.24. The largest absolute Gasteiger partial charge is 0.445 e. The van der Waals surface area contributed by atoms with Crippen LogP contribution in [0.5, 0.6) is 0 Å². The number of anilines is 1. The van der Waals surface area contributed by atoms with Gasteiger partial charge in [0.25, 0.3) is 0 Å². The number of nitrogens with one attached hydrogen (secondary N) is 2. The van der Waals surface area contributed by atoms with E-state index in [1.54, 1.807) is 12.1 Å². The summed E-state index contributed by atoms with van der Waals surface area (Å²) in [6.45, 7) is 3.67. The Kier molecular flexibility index (Phi) is 6.20. The Balaban J connectivity index is 1.51. The summed E-state index contributed by atoms with van der Waals surface area (Å²) in [5.41, 5.74) is 3.02. The number of ether oxygens (including phenoxy) is 1. The number of thiophene rings is 1. The molecular formula is C21H23ClN2O4S2. The first kappa shape index (κ1) is 21.4. The number of benzene rings is 1. The molecule has 1 heterocycles. The molecular weight excluding hydrogens is 444 g/mol. The molecule has 0 radical (unpaired) electrons. The number of hydrogen-bond acceptors (Lipinski definition) is 5. The molecule has 160 valence electrons. The number of rotatable bonds is 6. The second-order valence-corrected chi connectivity index (χ2v) is 11.4. The fraction of sp³-hybridized carbons (Fsp3) is 0.381. The van der Waals surface area contributed by atoms with Crippen LogP contribution in [0.3, 0.4) is 0 Å².